The molecule has 1 heterocycles. The molecule has 2 aromatic rings. The first-order valence-electron chi connectivity index (χ1n) is 8.28. The molecule has 2 saturated carbocycles. The number of carboxylic acid groups (broad SMARTS) is 1. The Morgan fingerprint density at radius 2 is 2.09 bits per heavy atom. The molecule has 0 bridgehead atoms. The van der Waals surface area contributed by atoms with Crippen LogP contribution < -0.4 is 0 Å². The number of aliphatic carboxylic acids is 1. The van der Waals surface area contributed by atoms with Crippen molar-refractivity contribution in [1.29, 1.82) is 0 Å². The minimum absolute atomic E-state index is 0.0486. The van der Waals surface area contributed by atoms with Crippen LogP contribution in [0.3, 0.4) is 0 Å². The van der Waals surface area contributed by atoms with Crippen molar-refractivity contribution >= 4 is 16.9 Å². The lowest BCUT2D eigenvalue weighted by atomic mass is 9.75. The Morgan fingerprint density at radius 3 is 2.74 bits per heavy atom. The van der Waals surface area contributed by atoms with E-state index in [9.17, 15) is 14.3 Å². The molecule has 1 spiro atoms. The summed E-state index contributed by atoms with van der Waals surface area (Å²) in [6, 6.07) is 5.41. The van der Waals surface area contributed by atoms with E-state index in [2.05, 4.69) is 4.98 Å². The quantitative estimate of drug-likeness (QED) is 0.892. The van der Waals surface area contributed by atoms with Crippen LogP contribution in [0.1, 0.15) is 49.1 Å². The van der Waals surface area contributed by atoms with Gasteiger partial charge in [0.2, 0.25) is 0 Å². The maximum atomic E-state index is 14.0. The number of carboxylic acids is 1. The Balaban J connectivity index is 1.61. The van der Waals surface area contributed by atoms with Gasteiger partial charge in [-0.15, -0.1) is 0 Å². The molecule has 1 atom stereocenters. The third kappa shape index (κ3) is 2.32. The molecule has 1 N–H and O–H groups in total. The van der Waals surface area contributed by atoms with Crippen LogP contribution in [-0.2, 0) is 4.79 Å². The Labute approximate surface area is 134 Å². The predicted octanol–water partition coefficient (Wildman–Crippen LogP) is 4.43. The Bertz CT molecular complexity index is 793. The molecule has 1 unspecified atom stereocenters. The summed E-state index contributed by atoms with van der Waals surface area (Å²) in [7, 11) is 0. The number of aryl methyl sites for hydroxylation is 1. The molecule has 0 radical (unpaired) electrons. The number of fused-ring (bicyclic) bond motifs is 1. The first kappa shape index (κ1) is 14.6. The standard InChI is InChI=1S/C19H20FNO2/c1-11-8-17-14(9-16(11)20)13(4-7-21-17)12-2-5-19(6-3-12)10-15(19)18(22)23/h4,7-9,12,15H,2-3,5-6,10H2,1H3,(H,22,23). The van der Waals surface area contributed by atoms with Crippen LogP contribution in [-0.4, -0.2) is 16.1 Å². The van der Waals surface area contributed by atoms with E-state index in [1.807, 2.05) is 6.07 Å². The second-order valence-electron chi connectivity index (χ2n) is 7.25. The number of hydrogen-bond acceptors (Lipinski definition) is 2. The maximum Gasteiger partial charge on any atom is 0.307 e. The molecule has 2 aliphatic rings. The van der Waals surface area contributed by atoms with Crippen LogP contribution in [0.4, 0.5) is 4.39 Å². The van der Waals surface area contributed by atoms with Crippen molar-refractivity contribution in [2.75, 3.05) is 0 Å². The highest BCUT2D eigenvalue weighted by Gasteiger charge is 2.58. The Kier molecular flexibility index (Phi) is 3.19. The summed E-state index contributed by atoms with van der Waals surface area (Å²) in [6.45, 7) is 1.76. The SMILES string of the molecule is Cc1cc2nccc(C3CCC4(CC3)CC4C(=O)O)c2cc1F. The van der Waals surface area contributed by atoms with E-state index in [1.54, 1.807) is 25.3 Å². The molecule has 0 amide bonds. The summed E-state index contributed by atoms with van der Waals surface area (Å²) >= 11 is 0. The molecule has 0 saturated heterocycles. The smallest absolute Gasteiger partial charge is 0.307 e. The summed E-state index contributed by atoms with van der Waals surface area (Å²) < 4.78 is 14.0. The van der Waals surface area contributed by atoms with Gasteiger partial charge in [-0.2, -0.15) is 0 Å². The average molecular weight is 313 g/mol. The number of benzene rings is 1. The van der Waals surface area contributed by atoms with E-state index < -0.39 is 5.97 Å². The number of rotatable bonds is 2. The minimum Gasteiger partial charge on any atom is -0.481 e. The van der Waals surface area contributed by atoms with Crippen molar-refractivity contribution in [3.05, 3.63) is 41.3 Å². The molecule has 3 nitrogen and oxygen atoms in total. The predicted molar refractivity (Wildman–Crippen MR) is 85.8 cm³/mol. The van der Waals surface area contributed by atoms with Gasteiger partial charge in [0.05, 0.1) is 11.4 Å². The number of aromatic nitrogens is 1. The third-order valence-corrected chi connectivity index (χ3v) is 5.96. The van der Waals surface area contributed by atoms with E-state index in [0.29, 0.717) is 11.5 Å². The van der Waals surface area contributed by atoms with Crippen LogP contribution >= 0.6 is 0 Å². The molecule has 2 aliphatic carbocycles. The lowest BCUT2D eigenvalue weighted by Crippen LogP contribution is -2.18. The normalized spacial score (nSPS) is 29.8. The van der Waals surface area contributed by atoms with Crippen molar-refractivity contribution in [1.82, 2.24) is 4.98 Å². The molecule has 120 valence electrons. The topological polar surface area (TPSA) is 50.2 Å². The first-order chi connectivity index (χ1) is 11.0. The molecule has 2 fully saturated rings. The maximum absolute atomic E-state index is 14.0. The zero-order chi connectivity index (χ0) is 16.2. The number of nitrogens with zero attached hydrogens (tertiary/aromatic N) is 1. The molecular formula is C19H20FNO2. The summed E-state index contributed by atoms with van der Waals surface area (Å²) in [5.74, 6) is -0.594. The molecular weight excluding hydrogens is 293 g/mol. The van der Waals surface area contributed by atoms with Crippen molar-refractivity contribution in [2.24, 2.45) is 11.3 Å². The first-order valence-corrected chi connectivity index (χ1v) is 8.28. The second-order valence-corrected chi connectivity index (χ2v) is 7.25. The third-order valence-electron chi connectivity index (χ3n) is 5.96. The highest BCUT2D eigenvalue weighted by Crippen LogP contribution is 2.63. The number of halogens is 1. The van der Waals surface area contributed by atoms with Crippen LogP contribution in [0.5, 0.6) is 0 Å². The summed E-state index contributed by atoms with van der Waals surface area (Å²) in [5, 5.41) is 10.1. The van der Waals surface area contributed by atoms with Gasteiger partial charge in [-0.3, -0.25) is 9.78 Å². The van der Waals surface area contributed by atoms with Crippen LogP contribution in [0.25, 0.3) is 10.9 Å². The fraction of sp³-hybridized carbons (Fsp3) is 0.474. The van der Waals surface area contributed by atoms with E-state index in [-0.39, 0.29) is 17.2 Å². The minimum atomic E-state index is -0.643. The second kappa shape index (κ2) is 5.02. The fourth-order valence-electron chi connectivity index (χ4n) is 4.40. The van der Waals surface area contributed by atoms with Gasteiger partial charge in [-0.1, -0.05) is 0 Å². The Hall–Kier alpha value is -1.97. The van der Waals surface area contributed by atoms with E-state index >= 15 is 0 Å². The van der Waals surface area contributed by atoms with Crippen LogP contribution in [0.15, 0.2) is 24.4 Å². The van der Waals surface area contributed by atoms with E-state index in [4.69, 9.17) is 0 Å². The monoisotopic (exact) mass is 313 g/mol. The summed E-state index contributed by atoms with van der Waals surface area (Å²) in [5.41, 5.74) is 2.67. The van der Waals surface area contributed by atoms with Gasteiger partial charge < -0.3 is 5.11 Å². The van der Waals surface area contributed by atoms with Crippen molar-refractivity contribution < 1.29 is 14.3 Å². The van der Waals surface area contributed by atoms with Crippen LogP contribution in [0, 0.1) is 24.1 Å². The van der Waals surface area contributed by atoms with Gasteiger partial charge in [0, 0.05) is 11.6 Å². The number of pyridine rings is 1. The van der Waals surface area contributed by atoms with Gasteiger partial charge >= 0.3 is 5.97 Å². The Morgan fingerprint density at radius 1 is 1.35 bits per heavy atom. The highest BCUT2D eigenvalue weighted by molar-refractivity contribution is 5.83. The summed E-state index contributed by atoms with van der Waals surface area (Å²) in [4.78, 5) is 15.6. The zero-order valence-electron chi connectivity index (χ0n) is 13.2. The zero-order valence-corrected chi connectivity index (χ0v) is 13.2. The van der Waals surface area contributed by atoms with E-state index in [1.165, 1.54) is 0 Å². The average Bonchev–Trinajstić information content (AvgIpc) is 3.23. The molecule has 0 aliphatic heterocycles. The van der Waals surface area contributed by atoms with Gasteiger partial charge in [-0.25, -0.2) is 4.39 Å². The van der Waals surface area contributed by atoms with Gasteiger partial charge in [-0.05, 0) is 79.7 Å². The largest absolute Gasteiger partial charge is 0.481 e. The van der Waals surface area contributed by atoms with Crippen molar-refractivity contribution in [3.8, 4) is 0 Å². The molecule has 1 aromatic carbocycles. The number of hydrogen-bond donors (Lipinski definition) is 1. The van der Waals surface area contributed by atoms with Crippen molar-refractivity contribution in [3.63, 3.8) is 0 Å². The lowest BCUT2D eigenvalue weighted by molar-refractivity contribution is -0.139. The van der Waals surface area contributed by atoms with Gasteiger partial charge in [0.1, 0.15) is 5.82 Å². The number of carbonyl (C=O) groups is 1. The lowest BCUT2D eigenvalue weighted by Gasteiger charge is -2.30. The van der Waals surface area contributed by atoms with E-state index in [0.717, 1.165) is 48.6 Å². The highest BCUT2D eigenvalue weighted by atomic mass is 19.1. The molecule has 4 heteroatoms. The van der Waals surface area contributed by atoms with Crippen LogP contribution in [0.2, 0.25) is 0 Å². The molecule has 23 heavy (non-hydrogen) atoms. The fourth-order valence-corrected chi connectivity index (χ4v) is 4.40. The van der Waals surface area contributed by atoms with Crippen molar-refractivity contribution in [2.45, 2.75) is 44.9 Å². The molecule has 4 rings (SSSR count). The van der Waals surface area contributed by atoms with Gasteiger partial charge in [0.15, 0.2) is 0 Å². The molecule has 1 aromatic heterocycles. The summed E-state index contributed by atoms with van der Waals surface area (Å²) in [6.07, 6.45) is 6.53. The van der Waals surface area contributed by atoms with Gasteiger partial charge in [0.25, 0.3) is 0 Å².